The number of hydrogen-bond acceptors (Lipinski definition) is 3. The van der Waals surface area contributed by atoms with Crippen molar-refractivity contribution in [2.24, 2.45) is 5.41 Å². The van der Waals surface area contributed by atoms with Gasteiger partial charge in [-0.1, -0.05) is 20.8 Å². The van der Waals surface area contributed by atoms with Gasteiger partial charge in [0, 0.05) is 49.6 Å². The van der Waals surface area contributed by atoms with Crippen LogP contribution in [0.15, 0.2) is 42.7 Å². The van der Waals surface area contributed by atoms with E-state index in [2.05, 4.69) is 5.10 Å². The number of carbonyl (C=O) groups is 2. The average molecular weight is 340 g/mol. The molecule has 0 unspecified atom stereocenters. The first-order chi connectivity index (χ1) is 11.9. The molecule has 2 aromatic rings. The Labute approximate surface area is 148 Å². The Morgan fingerprint density at radius 2 is 1.56 bits per heavy atom. The largest absolute Gasteiger partial charge is 0.339 e. The average Bonchev–Trinajstić information content (AvgIpc) is 3.14. The van der Waals surface area contributed by atoms with Crippen molar-refractivity contribution >= 4 is 11.8 Å². The summed E-state index contributed by atoms with van der Waals surface area (Å²) >= 11 is 0. The van der Waals surface area contributed by atoms with Crippen molar-refractivity contribution < 1.29 is 9.59 Å². The number of carbonyl (C=O) groups excluding carboxylic acids is 2. The van der Waals surface area contributed by atoms with E-state index in [1.54, 1.807) is 10.9 Å². The Kier molecular flexibility index (Phi) is 4.61. The Bertz CT molecular complexity index is 737. The van der Waals surface area contributed by atoms with E-state index in [0.29, 0.717) is 31.7 Å². The molecule has 0 radical (unpaired) electrons. The lowest BCUT2D eigenvalue weighted by Crippen LogP contribution is -2.53. The molecule has 1 aliphatic heterocycles. The lowest BCUT2D eigenvalue weighted by molar-refractivity contribution is -0.140. The van der Waals surface area contributed by atoms with Gasteiger partial charge in [-0.2, -0.15) is 5.10 Å². The fourth-order valence-electron chi connectivity index (χ4n) is 2.95. The summed E-state index contributed by atoms with van der Waals surface area (Å²) in [5.74, 6) is 0.151. The minimum Gasteiger partial charge on any atom is -0.339 e. The minimum absolute atomic E-state index is 0.00914. The van der Waals surface area contributed by atoms with E-state index in [0.717, 1.165) is 5.69 Å². The van der Waals surface area contributed by atoms with Crippen molar-refractivity contribution in [3.8, 4) is 5.69 Å². The van der Waals surface area contributed by atoms with E-state index >= 15 is 0 Å². The summed E-state index contributed by atoms with van der Waals surface area (Å²) in [5, 5.41) is 4.18. The molecule has 0 N–H and O–H groups in total. The zero-order chi connectivity index (χ0) is 18.0. The number of amides is 2. The van der Waals surface area contributed by atoms with Gasteiger partial charge in [-0.25, -0.2) is 4.68 Å². The molecular formula is C19H24N4O2. The van der Waals surface area contributed by atoms with Crippen LogP contribution in [0.2, 0.25) is 0 Å². The van der Waals surface area contributed by atoms with Crippen molar-refractivity contribution in [2.75, 3.05) is 26.2 Å². The van der Waals surface area contributed by atoms with Gasteiger partial charge in [0.05, 0.1) is 5.69 Å². The third-order valence-corrected chi connectivity index (χ3v) is 4.38. The maximum atomic E-state index is 12.7. The first kappa shape index (κ1) is 17.2. The zero-order valence-electron chi connectivity index (χ0n) is 15.0. The second-order valence-corrected chi connectivity index (χ2v) is 7.33. The summed E-state index contributed by atoms with van der Waals surface area (Å²) in [6.45, 7) is 8.10. The van der Waals surface area contributed by atoms with Crippen LogP contribution in [0.1, 0.15) is 31.1 Å². The SMILES string of the molecule is CC(C)(C)C(=O)N1CCN(C(=O)c2ccc(-n3cccn3)cc2)CC1. The molecule has 1 aromatic heterocycles. The maximum absolute atomic E-state index is 12.7. The van der Waals surface area contributed by atoms with Crippen LogP contribution in [0.4, 0.5) is 0 Å². The first-order valence-corrected chi connectivity index (χ1v) is 8.55. The van der Waals surface area contributed by atoms with Crippen molar-refractivity contribution in [3.05, 3.63) is 48.3 Å². The predicted octanol–water partition coefficient (Wildman–Crippen LogP) is 2.20. The van der Waals surface area contributed by atoms with Crippen LogP contribution in [0.3, 0.4) is 0 Å². The van der Waals surface area contributed by atoms with Crippen LogP contribution in [-0.4, -0.2) is 57.6 Å². The first-order valence-electron chi connectivity index (χ1n) is 8.55. The molecular weight excluding hydrogens is 316 g/mol. The molecule has 1 saturated heterocycles. The summed E-state index contributed by atoms with van der Waals surface area (Å²) in [7, 11) is 0. The Morgan fingerprint density at radius 3 is 2.08 bits per heavy atom. The maximum Gasteiger partial charge on any atom is 0.253 e. The minimum atomic E-state index is -0.380. The summed E-state index contributed by atoms with van der Waals surface area (Å²) in [6, 6.07) is 9.29. The molecule has 0 bridgehead atoms. The summed E-state index contributed by atoms with van der Waals surface area (Å²) in [5.41, 5.74) is 1.20. The van der Waals surface area contributed by atoms with Gasteiger partial charge in [-0.15, -0.1) is 0 Å². The van der Waals surface area contributed by atoms with Crippen molar-refractivity contribution in [1.82, 2.24) is 19.6 Å². The number of piperazine rings is 1. The topological polar surface area (TPSA) is 58.4 Å². The van der Waals surface area contributed by atoms with Crippen LogP contribution in [0.5, 0.6) is 0 Å². The van der Waals surface area contributed by atoms with Gasteiger partial charge in [-0.05, 0) is 30.3 Å². The molecule has 6 nitrogen and oxygen atoms in total. The zero-order valence-corrected chi connectivity index (χ0v) is 15.0. The lowest BCUT2D eigenvalue weighted by atomic mass is 9.94. The molecule has 0 spiro atoms. The molecule has 6 heteroatoms. The highest BCUT2D eigenvalue weighted by Crippen LogP contribution is 2.19. The van der Waals surface area contributed by atoms with Gasteiger partial charge in [0.1, 0.15) is 0 Å². The van der Waals surface area contributed by atoms with Crippen LogP contribution >= 0.6 is 0 Å². The van der Waals surface area contributed by atoms with Crippen molar-refractivity contribution in [2.45, 2.75) is 20.8 Å². The number of nitrogens with zero attached hydrogens (tertiary/aromatic N) is 4. The number of rotatable bonds is 2. The lowest BCUT2D eigenvalue weighted by Gasteiger charge is -2.37. The monoisotopic (exact) mass is 340 g/mol. The molecule has 25 heavy (non-hydrogen) atoms. The quantitative estimate of drug-likeness (QED) is 0.842. The van der Waals surface area contributed by atoms with Crippen LogP contribution < -0.4 is 0 Å². The third-order valence-electron chi connectivity index (χ3n) is 4.38. The van der Waals surface area contributed by atoms with E-state index in [4.69, 9.17) is 0 Å². The third kappa shape index (κ3) is 3.73. The molecule has 2 amide bonds. The number of benzene rings is 1. The highest BCUT2D eigenvalue weighted by molar-refractivity contribution is 5.94. The Morgan fingerprint density at radius 1 is 0.960 bits per heavy atom. The van der Waals surface area contributed by atoms with Gasteiger partial charge < -0.3 is 9.80 Å². The van der Waals surface area contributed by atoms with Gasteiger partial charge in [0.2, 0.25) is 5.91 Å². The Hall–Kier alpha value is -2.63. The van der Waals surface area contributed by atoms with E-state index < -0.39 is 0 Å². The standard InChI is InChI=1S/C19H24N4O2/c1-19(2,3)18(25)22-13-11-21(12-14-22)17(24)15-5-7-16(8-6-15)23-10-4-9-20-23/h4-10H,11-14H2,1-3H3. The van der Waals surface area contributed by atoms with Gasteiger partial charge in [0.15, 0.2) is 0 Å². The molecule has 1 aliphatic rings. The Balaban J connectivity index is 1.62. The summed E-state index contributed by atoms with van der Waals surface area (Å²) in [4.78, 5) is 28.7. The normalized spacial score (nSPS) is 15.3. The van der Waals surface area contributed by atoms with Gasteiger partial charge >= 0.3 is 0 Å². The molecule has 0 saturated carbocycles. The summed E-state index contributed by atoms with van der Waals surface area (Å²) < 4.78 is 1.76. The molecule has 2 heterocycles. The van der Waals surface area contributed by atoms with E-state index in [1.807, 2.05) is 67.1 Å². The predicted molar refractivity (Wildman–Crippen MR) is 95.5 cm³/mol. The second-order valence-electron chi connectivity index (χ2n) is 7.33. The van der Waals surface area contributed by atoms with Gasteiger partial charge in [-0.3, -0.25) is 9.59 Å². The van der Waals surface area contributed by atoms with Gasteiger partial charge in [0.25, 0.3) is 5.91 Å². The van der Waals surface area contributed by atoms with E-state index in [9.17, 15) is 9.59 Å². The molecule has 0 aliphatic carbocycles. The fourth-order valence-corrected chi connectivity index (χ4v) is 2.95. The number of aromatic nitrogens is 2. The van der Waals surface area contributed by atoms with E-state index in [-0.39, 0.29) is 17.2 Å². The molecule has 1 aromatic carbocycles. The molecule has 132 valence electrons. The van der Waals surface area contributed by atoms with Crippen LogP contribution in [0.25, 0.3) is 5.69 Å². The fraction of sp³-hybridized carbons (Fsp3) is 0.421. The molecule has 1 fully saturated rings. The molecule has 3 rings (SSSR count). The number of hydrogen-bond donors (Lipinski definition) is 0. The van der Waals surface area contributed by atoms with E-state index in [1.165, 1.54) is 0 Å². The smallest absolute Gasteiger partial charge is 0.253 e. The van der Waals surface area contributed by atoms with Crippen molar-refractivity contribution in [3.63, 3.8) is 0 Å². The highest BCUT2D eigenvalue weighted by Gasteiger charge is 2.31. The highest BCUT2D eigenvalue weighted by atomic mass is 16.2. The second kappa shape index (κ2) is 6.70. The summed E-state index contributed by atoms with van der Waals surface area (Å²) in [6.07, 6.45) is 3.58. The van der Waals surface area contributed by atoms with Crippen LogP contribution in [0, 0.1) is 5.41 Å². The van der Waals surface area contributed by atoms with Crippen LogP contribution in [-0.2, 0) is 4.79 Å². The molecule has 0 atom stereocenters. The van der Waals surface area contributed by atoms with Crippen molar-refractivity contribution in [1.29, 1.82) is 0 Å².